The fourth-order valence-corrected chi connectivity index (χ4v) is 3.73. The third kappa shape index (κ3) is 3.51. The van der Waals surface area contributed by atoms with Crippen LogP contribution < -0.4 is 4.43 Å². The molecule has 0 N–H and O–H groups in total. The summed E-state index contributed by atoms with van der Waals surface area (Å²) in [6, 6.07) is 10.9. The minimum absolute atomic E-state index is 0.000117. The topological polar surface area (TPSA) is 27.1 Å². The van der Waals surface area contributed by atoms with E-state index in [-0.39, 0.29) is 10.9 Å². The van der Waals surface area contributed by atoms with Gasteiger partial charge in [0.2, 0.25) is 0 Å². The van der Waals surface area contributed by atoms with Crippen LogP contribution in [0.25, 0.3) is 16.6 Å². The third-order valence-corrected chi connectivity index (χ3v) is 9.70. The third-order valence-electron chi connectivity index (χ3n) is 4.86. The average Bonchev–Trinajstić information content (AvgIpc) is 2.91. The second kappa shape index (κ2) is 6.25. The Kier molecular flexibility index (Phi) is 4.53. The van der Waals surface area contributed by atoms with Gasteiger partial charge < -0.3 is 4.43 Å². The van der Waals surface area contributed by atoms with Gasteiger partial charge in [-0.15, -0.1) is 0 Å². The Labute approximate surface area is 157 Å². The first-order valence-electron chi connectivity index (χ1n) is 8.21. The van der Waals surface area contributed by atoms with Crippen LogP contribution in [-0.2, 0) is 0 Å². The van der Waals surface area contributed by atoms with E-state index >= 15 is 0 Å². The molecule has 0 saturated carbocycles. The number of benzene rings is 2. The molecular weight excluding hydrogens is 399 g/mol. The van der Waals surface area contributed by atoms with Gasteiger partial charge in [0.05, 0.1) is 17.4 Å². The molecule has 1 heterocycles. The lowest BCUT2D eigenvalue weighted by Crippen LogP contribution is -2.44. The summed E-state index contributed by atoms with van der Waals surface area (Å²) in [6.45, 7) is 10.6. The molecule has 2 aromatic carbocycles. The van der Waals surface area contributed by atoms with Crippen LogP contribution in [0.2, 0.25) is 18.1 Å². The van der Waals surface area contributed by atoms with Gasteiger partial charge in [0, 0.05) is 15.9 Å². The summed E-state index contributed by atoms with van der Waals surface area (Å²) < 4.78 is 23.3. The molecular formula is C19H22BrFN2OSi. The molecule has 0 atom stereocenters. The van der Waals surface area contributed by atoms with Gasteiger partial charge in [0.15, 0.2) is 5.82 Å². The van der Waals surface area contributed by atoms with Crippen LogP contribution >= 0.6 is 15.9 Å². The number of rotatable bonds is 3. The van der Waals surface area contributed by atoms with E-state index in [1.165, 1.54) is 6.07 Å². The highest BCUT2D eigenvalue weighted by Crippen LogP contribution is 2.38. The molecule has 6 heteroatoms. The fraction of sp³-hybridized carbons (Fsp3) is 0.316. The Morgan fingerprint density at radius 2 is 1.84 bits per heavy atom. The zero-order chi connectivity index (χ0) is 18.4. The molecule has 3 rings (SSSR count). The largest absolute Gasteiger partial charge is 0.541 e. The molecule has 0 saturated heterocycles. The van der Waals surface area contributed by atoms with E-state index in [2.05, 4.69) is 54.9 Å². The zero-order valence-electron chi connectivity index (χ0n) is 15.1. The Morgan fingerprint density at radius 1 is 1.12 bits per heavy atom. The standard InChI is InChI=1S/C19H22BrFN2OSi/c1-19(2,3)25(4,5)24-18-11-15(7-8-16(18)21)23-17-9-6-14(20)10-13(17)12-22-23/h6-12H,1-5H3. The number of nitrogens with zero attached hydrogens (tertiary/aromatic N) is 2. The summed E-state index contributed by atoms with van der Waals surface area (Å²) in [6.07, 6.45) is 1.80. The quantitative estimate of drug-likeness (QED) is 0.464. The number of hydrogen-bond acceptors (Lipinski definition) is 2. The number of aromatic nitrogens is 2. The predicted octanol–water partition coefficient (Wildman–Crippen LogP) is 6.31. The predicted molar refractivity (Wildman–Crippen MR) is 107 cm³/mol. The zero-order valence-corrected chi connectivity index (χ0v) is 17.7. The first kappa shape index (κ1) is 18.1. The molecule has 0 spiro atoms. The molecule has 1 aromatic heterocycles. The van der Waals surface area contributed by atoms with Crippen LogP contribution in [0, 0.1) is 5.82 Å². The van der Waals surface area contributed by atoms with Gasteiger partial charge in [-0.25, -0.2) is 9.07 Å². The van der Waals surface area contributed by atoms with Gasteiger partial charge in [-0.2, -0.15) is 5.10 Å². The van der Waals surface area contributed by atoms with Crippen molar-refractivity contribution in [1.29, 1.82) is 0 Å². The van der Waals surface area contributed by atoms with Crippen molar-refractivity contribution in [3.8, 4) is 11.4 Å². The first-order valence-corrected chi connectivity index (χ1v) is 11.9. The number of halogens is 2. The van der Waals surface area contributed by atoms with Gasteiger partial charge in [-0.3, -0.25) is 0 Å². The smallest absolute Gasteiger partial charge is 0.250 e. The Bertz CT molecular complexity index is 931. The monoisotopic (exact) mass is 420 g/mol. The van der Waals surface area contributed by atoms with Crippen molar-refractivity contribution in [2.24, 2.45) is 0 Å². The molecule has 25 heavy (non-hydrogen) atoms. The maximum atomic E-state index is 14.4. The highest BCUT2D eigenvalue weighted by atomic mass is 79.9. The molecule has 3 nitrogen and oxygen atoms in total. The maximum absolute atomic E-state index is 14.4. The fourth-order valence-electron chi connectivity index (χ4n) is 2.34. The van der Waals surface area contributed by atoms with E-state index in [0.29, 0.717) is 5.75 Å². The van der Waals surface area contributed by atoms with Crippen LogP contribution in [0.15, 0.2) is 47.1 Å². The van der Waals surface area contributed by atoms with E-state index in [1.807, 2.05) is 18.2 Å². The van der Waals surface area contributed by atoms with Crippen LogP contribution in [0.4, 0.5) is 4.39 Å². The molecule has 0 bridgehead atoms. The van der Waals surface area contributed by atoms with Crippen molar-refractivity contribution in [2.45, 2.75) is 38.9 Å². The second-order valence-electron chi connectivity index (χ2n) is 7.74. The SMILES string of the molecule is CC(C)(C)[Si](C)(C)Oc1cc(-n2ncc3cc(Br)ccc32)ccc1F. The lowest BCUT2D eigenvalue weighted by Gasteiger charge is -2.36. The Hall–Kier alpha value is -1.66. The van der Waals surface area contributed by atoms with Gasteiger partial charge in [0.1, 0.15) is 5.75 Å². The Morgan fingerprint density at radius 3 is 2.52 bits per heavy atom. The summed E-state index contributed by atoms with van der Waals surface area (Å²) in [5, 5.41) is 5.47. The van der Waals surface area contributed by atoms with E-state index in [0.717, 1.165) is 21.1 Å². The van der Waals surface area contributed by atoms with Gasteiger partial charge in [0.25, 0.3) is 8.32 Å². The molecule has 0 unspecified atom stereocenters. The van der Waals surface area contributed by atoms with Crippen LogP contribution in [0.5, 0.6) is 5.75 Å². The first-order chi connectivity index (χ1) is 11.6. The molecule has 132 valence electrons. The molecule has 0 fully saturated rings. The minimum atomic E-state index is -2.12. The van der Waals surface area contributed by atoms with Gasteiger partial charge in [-0.1, -0.05) is 36.7 Å². The molecule has 0 aliphatic heterocycles. The van der Waals surface area contributed by atoms with Crippen molar-refractivity contribution < 1.29 is 8.82 Å². The highest BCUT2D eigenvalue weighted by Gasteiger charge is 2.39. The average molecular weight is 421 g/mol. The van der Waals surface area contributed by atoms with E-state index in [4.69, 9.17) is 4.43 Å². The molecule has 0 radical (unpaired) electrons. The maximum Gasteiger partial charge on any atom is 0.250 e. The lowest BCUT2D eigenvalue weighted by molar-refractivity contribution is 0.456. The van der Waals surface area contributed by atoms with Crippen LogP contribution in [-0.4, -0.2) is 18.1 Å². The van der Waals surface area contributed by atoms with Crippen molar-refractivity contribution in [3.63, 3.8) is 0 Å². The van der Waals surface area contributed by atoms with Gasteiger partial charge in [-0.05, 0) is 48.5 Å². The molecule has 0 amide bonds. The molecule has 0 aliphatic carbocycles. The van der Waals surface area contributed by atoms with E-state index < -0.39 is 8.32 Å². The highest BCUT2D eigenvalue weighted by molar-refractivity contribution is 9.10. The van der Waals surface area contributed by atoms with Crippen molar-refractivity contribution in [2.75, 3.05) is 0 Å². The minimum Gasteiger partial charge on any atom is -0.541 e. The molecule has 0 aliphatic rings. The second-order valence-corrected chi connectivity index (χ2v) is 13.4. The lowest BCUT2D eigenvalue weighted by atomic mass is 10.2. The van der Waals surface area contributed by atoms with Crippen molar-refractivity contribution in [3.05, 3.63) is 52.9 Å². The normalized spacial score (nSPS) is 12.6. The summed E-state index contributed by atoms with van der Waals surface area (Å²) >= 11 is 3.47. The summed E-state index contributed by atoms with van der Waals surface area (Å²) in [5.74, 6) is -0.0439. The van der Waals surface area contributed by atoms with E-state index in [9.17, 15) is 4.39 Å². The molecule has 3 aromatic rings. The van der Waals surface area contributed by atoms with E-state index in [1.54, 1.807) is 23.0 Å². The summed E-state index contributed by atoms with van der Waals surface area (Å²) in [5.41, 5.74) is 1.75. The summed E-state index contributed by atoms with van der Waals surface area (Å²) in [7, 11) is -2.12. The van der Waals surface area contributed by atoms with Crippen LogP contribution in [0.1, 0.15) is 20.8 Å². The number of hydrogen-bond donors (Lipinski definition) is 0. The van der Waals surface area contributed by atoms with Crippen molar-refractivity contribution in [1.82, 2.24) is 9.78 Å². The number of fused-ring (bicyclic) bond motifs is 1. The Balaban J connectivity index is 2.04. The summed E-state index contributed by atoms with van der Waals surface area (Å²) in [4.78, 5) is 0. The van der Waals surface area contributed by atoms with Crippen molar-refractivity contribution >= 4 is 35.2 Å². The van der Waals surface area contributed by atoms with Crippen LogP contribution in [0.3, 0.4) is 0 Å². The van der Waals surface area contributed by atoms with Gasteiger partial charge >= 0.3 is 0 Å².